The Labute approximate surface area is 91.8 Å². The van der Waals surface area contributed by atoms with Crippen molar-refractivity contribution < 1.29 is 13.2 Å². The van der Waals surface area contributed by atoms with Crippen LogP contribution in [-0.4, -0.2) is 9.55 Å². The Kier molecular flexibility index (Phi) is 2.26. The van der Waals surface area contributed by atoms with Gasteiger partial charge in [-0.05, 0) is 28.1 Å². The molecule has 0 unspecified atom stereocenters. The molecule has 6 heteroatoms. The summed E-state index contributed by atoms with van der Waals surface area (Å²) >= 11 is 3.20. The van der Waals surface area contributed by atoms with E-state index in [0.717, 1.165) is 4.57 Å². The summed E-state index contributed by atoms with van der Waals surface area (Å²) in [5, 5.41) is 0. The Morgan fingerprint density at radius 1 is 1.33 bits per heavy atom. The second-order valence-corrected chi connectivity index (χ2v) is 3.95. The quantitative estimate of drug-likeness (QED) is 0.723. The molecule has 2 rings (SSSR count). The van der Waals surface area contributed by atoms with Gasteiger partial charge in [-0.15, -0.1) is 0 Å². The molecule has 0 bridgehead atoms. The number of fused-ring (bicyclic) bond motifs is 1. The largest absolute Gasteiger partial charge is 0.449 e. The monoisotopic (exact) mass is 278 g/mol. The Bertz CT molecular complexity index is 516. The molecule has 80 valence electrons. The minimum Gasteiger partial charge on any atom is -0.323 e. The number of alkyl halides is 3. The molecule has 2 nitrogen and oxygen atoms in total. The van der Waals surface area contributed by atoms with Crippen molar-refractivity contribution in [3.8, 4) is 0 Å². The molecule has 0 fully saturated rings. The maximum atomic E-state index is 12.5. The Balaban J connectivity index is 2.82. The van der Waals surface area contributed by atoms with Crippen LogP contribution in [0.2, 0.25) is 0 Å². The van der Waals surface area contributed by atoms with E-state index in [0.29, 0.717) is 15.5 Å². The van der Waals surface area contributed by atoms with Gasteiger partial charge in [0.05, 0.1) is 11.0 Å². The number of benzene rings is 1. The third-order valence-corrected chi connectivity index (χ3v) is 2.74. The molecule has 0 aliphatic carbocycles. The first-order chi connectivity index (χ1) is 6.91. The summed E-state index contributed by atoms with van der Waals surface area (Å²) in [6.07, 6.45) is -4.42. The lowest BCUT2D eigenvalue weighted by molar-refractivity contribution is -0.146. The minimum atomic E-state index is -4.42. The van der Waals surface area contributed by atoms with Gasteiger partial charge in [0.1, 0.15) is 0 Å². The molecule has 0 atom stereocenters. The van der Waals surface area contributed by atoms with E-state index in [-0.39, 0.29) is 0 Å². The molecule has 0 aliphatic rings. The van der Waals surface area contributed by atoms with Crippen LogP contribution >= 0.6 is 15.9 Å². The fraction of sp³-hybridized carbons (Fsp3) is 0.222. The van der Waals surface area contributed by atoms with Gasteiger partial charge in [0.25, 0.3) is 0 Å². The lowest BCUT2D eigenvalue weighted by Crippen LogP contribution is -2.12. The molecule has 0 N–H and O–H groups in total. The standard InChI is InChI=1S/C9H6BrF3N2/c1-15-7-5(10)3-2-4-6(7)14-8(15)9(11,12)13/h2-4H,1H3. The van der Waals surface area contributed by atoms with Gasteiger partial charge < -0.3 is 4.57 Å². The SMILES string of the molecule is Cn1c(C(F)(F)F)nc2cccc(Br)c21. The molecule has 1 aromatic heterocycles. The summed E-state index contributed by atoms with van der Waals surface area (Å²) in [4.78, 5) is 3.55. The molecule has 0 radical (unpaired) electrons. The fourth-order valence-electron chi connectivity index (χ4n) is 1.47. The van der Waals surface area contributed by atoms with Gasteiger partial charge in [-0.2, -0.15) is 13.2 Å². The first kappa shape index (κ1) is 10.5. The van der Waals surface area contributed by atoms with E-state index in [1.165, 1.54) is 7.05 Å². The number of nitrogens with zero attached hydrogens (tertiary/aromatic N) is 2. The highest BCUT2D eigenvalue weighted by Crippen LogP contribution is 2.32. The molecule has 0 saturated heterocycles. The summed E-state index contributed by atoms with van der Waals surface area (Å²) in [6, 6.07) is 4.89. The second-order valence-electron chi connectivity index (χ2n) is 3.10. The van der Waals surface area contributed by atoms with Crippen LogP contribution in [0, 0.1) is 0 Å². The number of para-hydroxylation sites is 1. The third kappa shape index (κ3) is 1.62. The van der Waals surface area contributed by atoms with E-state index >= 15 is 0 Å². The van der Waals surface area contributed by atoms with Gasteiger partial charge in [0, 0.05) is 11.5 Å². The highest BCUT2D eigenvalue weighted by Gasteiger charge is 2.36. The first-order valence-corrected chi connectivity index (χ1v) is 4.88. The number of rotatable bonds is 0. The number of hydrogen-bond donors (Lipinski definition) is 0. The van der Waals surface area contributed by atoms with Crippen LogP contribution in [0.4, 0.5) is 13.2 Å². The molecule has 1 heterocycles. The molecule has 2 aromatic rings. The number of aromatic nitrogens is 2. The van der Waals surface area contributed by atoms with Crippen LogP contribution in [-0.2, 0) is 13.2 Å². The Hall–Kier alpha value is -1.04. The smallest absolute Gasteiger partial charge is 0.323 e. The van der Waals surface area contributed by atoms with Crippen molar-refractivity contribution in [1.29, 1.82) is 0 Å². The van der Waals surface area contributed by atoms with Crippen molar-refractivity contribution in [2.75, 3.05) is 0 Å². The van der Waals surface area contributed by atoms with Crippen molar-refractivity contribution in [3.63, 3.8) is 0 Å². The molecule has 0 saturated carbocycles. The molecular weight excluding hydrogens is 273 g/mol. The first-order valence-electron chi connectivity index (χ1n) is 4.09. The summed E-state index contributed by atoms with van der Waals surface area (Å²) in [5.41, 5.74) is 0.782. The zero-order valence-corrected chi connectivity index (χ0v) is 9.22. The Morgan fingerprint density at radius 2 is 2.00 bits per heavy atom. The normalized spacial score (nSPS) is 12.3. The fourth-order valence-corrected chi connectivity index (χ4v) is 2.10. The molecule has 1 aromatic carbocycles. The maximum absolute atomic E-state index is 12.5. The molecular formula is C9H6BrF3N2. The molecule has 0 amide bonds. The van der Waals surface area contributed by atoms with Gasteiger partial charge in [-0.25, -0.2) is 4.98 Å². The number of imidazole rings is 1. The predicted molar refractivity (Wildman–Crippen MR) is 53.4 cm³/mol. The van der Waals surface area contributed by atoms with Crippen molar-refractivity contribution in [2.45, 2.75) is 6.18 Å². The zero-order chi connectivity index (χ0) is 11.2. The maximum Gasteiger partial charge on any atom is 0.449 e. The van der Waals surface area contributed by atoms with Crippen LogP contribution in [0.3, 0.4) is 0 Å². The van der Waals surface area contributed by atoms with Gasteiger partial charge in [0.2, 0.25) is 5.82 Å². The Morgan fingerprint density at radius 3 is 2.53 bits per heavy atom. The van der Waals surface area contributed by atoms with E-state index in [4.69, 9.17) is 0 Å². The van der Waals surface area contributed by atoms with E-state index in [2.05, 4.69) is 20.9 Å². The highest BCUT2D eigenvalue weighted by molar-refractivity contribution is 9.10. The summed E-state index contributed by atoms with van der Waals surface area (Å²) in [7, 11) is 1.35. The molecule has 0 spiro atoms. The van der Waals surface area contributed by atoms with Crippen molar-refractivity contribution in [3.05, 3.63) is 28.5 Å². The average Bonchev–Trinajstić information content (AvgIpc) is 2.44. The van der Waals surface area contributed by atoms with Gasteiger partial charge in [-0.1, -0.05) is 6.07 Å². The van der Waals surface area contributed by atoms with Crippen LogP contribution in [0.25, 0.3) is 11.0 Å². The summed E-state index contributed by atoms with van der Waals surface area (Å²) < 4.78 is 39.2. The van der Waals surface area contributed by atoms with E-state index in [1.807, 2.05) is 0 Å². The average molecular weight is 279 g/mol. The van der Waals surface area contributed by atoms with Crippen molar-refractivity contribution in [1.82, 2.24) is 9.55 Å². The number of halogens is 4. The molecule has 15 heavy (non-hydrogen) atoms. The van der Waals surface area contributed by atoms with Gasteiger partial charge >= 0.3 is 6.18 Å². The molecule has 0 aliphatic heterocycles. The van der Waals surface area contributed by atoms with Crippen molar-refractivity contribution in [2.24, 2.45) is 7.05 Å². The van der Waals surface area contributed by atoms with E-state index in [1.54, 1.807) is 18.2 Å². The number of hydrogen-bond acceptors (Lipinski definition) is 1. The lowest BCUT2D eigenvalue weighted by atomic mass is 10.3. The van der Waals surface area contributed by atoms with Gasteiger partial charge in [0.15, 0.2) is 0 Å². The second kappa shape index (κ2) is 3.23. The van der Waals surface area contributed by atoms with E-state index < -0.39 is 12.0 Å². The minimum absolute atomic E-state index is 0.333. The van der Waals surface area contributed by atoms with Crippen LogP contribution < -0.4 is 0 Å². The van der Waals surface area contributed by atoms with Crippen LogP contribution in [0.15, 0.2) is 22.7 Å². The lowest BCUT2D eigenvalue weighted by Gasteiger charge is -2.05. The third-order valence-electron chi connectivity index (χ3n) is 2.10. The van der Waals surface area contributed by atoms with Gasteiger partial charge in [-0.3, -0.25) is 0 Å². The highest BCUT2D eigenvalue weighted by atomic mass is 79.9. The van der Waals surface area contributed by atoms with Crippen LogP contribution in [0.1, 0.15) is 5.82 Å². The summed E-state index contributed by atoms with van der Waals surface area (Å²) in [6.45, 7) is 0. The van der Waals surface area contributed by atoms with Crippen molar-refractivity contribution >= 4 is 27.0 Å². The predicted octanol–water partition coefficient (Wildman–Crippen LogP) is 3.35. The van der Waals surface area contributed by atoms with Crippen LogP contribution in [0.5, 0.6) is 0 Å². The topological polar surface area (TPSA) is 17.8 Å². The number of aryl methyl sites for hydroxylation is 1. The zero-order valence-electron chi connectivity index (χ0n) is 7.64. The summed E-state index contributed by atoms with van der Waals surface area (Å²) in [5.74, 6) is -0.885. The van der Waals surface area contributed by atoms with E-state index in [9.17, 15) is 13.2 Å².